The van der Waals surface area contributed by atoms with Crippen molar-refractivity contribution in [1.29, 1.82) is 0 Å². The van der Waals surface area contributed by atoms with Gasteiger partial charge in [0.1, 0.15) is 5.75 Å². The van der Waals surface area contributed by atoms with Gasteiger partial charge < -0.3 is 19.9 Å². The zero-order valence-electron chi connectivity index (χ0n) is 21.9. The molecule has 2 heterocycles. The zero-order chi connectivity index (χ0) is 27.6. The summed E-state index contributed by atoms with van der Waals surface area (Å²) in [6.07, 6.45) is 5.52. The summed E-state index contributed by atoms with van der Waals surface area (Å²) >= 11 is 6.24. The van der Waals surface area contributed by atoms with Crippen molar-refractivity contribution >= 4 is 42.6 Å². The van der Waals surface area contributed by atoms with Crippen LogP contribution in [0.25, 0.3) is 6.08 Å². The molecule has 10 heteroatoms. The van der Waals surface area contributed by atoms with Crippen LogP contribution in [0.2, 0.25) is 11.3 Å². The molecule has 1 aromatic rings. The number of aliphatic carboxylic acids is 1. The molecule has 1 aliphatic carbocycles. The summed E-state index contributed by atoms with van der Waals surface area (Å²) in [5.74, 6) is -2.23. The number of benzene rings is 1. The molecule has 2 saturated heterocycles. The van der Waals surface area contributed by atoms with Crippen LogP contribution < -0.4 is 0 Å². The quantitative estimate of drug-likeness (QED) is 0.169. The van der Waals surface area contributed by atoms with Crippen LogP contribution in [0, 0.1) is 17.8 Å². The van der Waals surface area contributed by atoms with Crippen LogP contribution in [0.1, 0.15) is 64.4 Å². The van der Waals surface area contributed by atoms with E-state index in [1.807, 2.05) is 19.9 Å². The van der Waals surface area contributed by atoms with Gasteiger partial charge in [-0.2, -0.15) is 0 Å². The second kappa shape index (κ2) is 12.1. The highest BCUT2D eigenvalue weighted by Crippen LogP contribution is 2.50. The molecule has 1 aromatic carbocycles. The van der Waals surface area contributed by atoms with Crippen molar-refractivity contribution in [1.82, 2.24) is 4.90 Å². The Balaban J connectivity index is 1.45. The predicted molar refractivity (Wildman–Crippen MR) is 144 cm³/mol. The van der Waals surface area contributed by atoms with E-state index in [0.717, 1.165) is 22.3 Å². The molecule has 0 unspecified atom stereocenters. The van der Waals surface area contributed by atoms with Crippen LogP contribution in [0.3, 0.4) is 0 Å². The first kappa shape index (κ1) is 28.4. The number of likely N-dealkylation sites (tertiary alicyclic amines) is 1. The van der Waals surface area contributed by atoms with E-state index in [2.05, 4.69) is 0 Å². The highest BCUT2D eigenvalue weighted by Gasteiger charge is 2.56. The van der Waals surface area contributed by atoms with E-state index in [9.17, 15) is 24.5 Å². The minimum atomic E-state index is -1.01. The molecule has 4 atom stereocenters. The first-order valence-corrected chi connectivity index (χ1v) is 13.7. The summed E-state index contributed by atoms with van der Waals surface area (Å²) < 4.78 is 5.97. The number of hydrogen-bond donors (Lipinski definition) is 3. The molecule has 3 aliphatic rings. The topological polar surface area (TPSA) is 124 Å². The fourth-order valence-corrected chi connectivity index (χ4v) is 6.49. The summed E-state index contributed by atoms with van der Waals surface area (Å²) in [5.41, 5.74) is 3.96. The number of carbonyl (C=O) groups is 3. The monoisotopic (exact) mass is 543 g/mol. The number of carbonyl (C=O) groups excluding carboxylic acids is 2. The number of hydrogen-bond acceptors (Lipinski definition) is 6. The number of imide groups is 1. The van der Waals surface area contributed by atoms with Crippen molar-refractivity contribution in [3.63, 3.8) is 0 Å². The SMILES string of the molecule is CC1=C2[C@@H](CC/C(C)=C/c3ccc(O)cc3Cl)OB(O)C[C@@H]2[C@@H]2C(=O)N(CCCCCC(=O)O)C(=O)[C@@H]2C1. The highest BCUT2D eigenvalue weighted by atomic mass is 35.5. The van der Waals surface area contributed by atoms with Gasteiger partial charge in [0.2, 0.25) is 11.8 Å². The third kappa shape index (κ3) is 6.16. The van der Waals surface area contributed by atoms with Crippen molar-refractivity contribution in [2.24, 2.45) is 17.8 Å². The molecule has 0 bridgehead atoms. The van der Waals surface area contributed by atoms with Crippen molar-refractivity contribution in [3.05, 3.63) is 45.5 Å². The molecule has 0 spiro atoms. The molecule has 0 radical (unpaired) electrons. The molecule has 38 heavy (non-hydrogen) atoms. The number of unbranched alkanes of at least 4 members (excludes halogenated alkanes) is 2. The van der Waals surface area contributed by atoms with E-state index in [1.54, 1.807) is 12.1 Å². The normalized spacial score (nSPS) is 25.6. The molecule has 2 amide bonds. The number of phenols is 1. The number of rotatable bonds is 10. The number of halogens is 1. The van der Waals surface area contributed by atoms with E-state index in [1.165, 1.54) is 11.0 Å². The number of fused-ring (bicyclic) bond motifs is 3. The molecule has 2 fully saturated rings. The maximum absolute atomic E-state index is 13.4. The van der Waals surface area contributed by atoms with Crippen molar-refractivity contribution < 1.29 is 34.3 Å². The predicted octanol–water partition coefficient (Wildman–Crippen LogP) is 4.69. The highest BCUT2D eigenvalue weighted by molar-refractivity contribution is 6.43. The van der Waals surface area contributed by atoms with E-state index < -0.39 is 24.9 Å². The summed E-state index contributed by atoms with van der Waals surface area (Å²) in [6, 6.07) is 4.84. The number of amides is 2. The first-order valence-electron chi connectivity index (χ1n) is 13.3. The van der Waals surface area contributed by atoms with E-state index in [-0.39, 0.29) is 42.3 Å². The first-order chi connectivity index (χ1) is 18.1. The number of carboxylic acids is 1. The third-order valence-corrected chi connectivity index (χ3v) is 8.33. The number of carboxylic acid groups (broad SMARTS) is 1. The lowest BCUT2D eigenvalue weighted by molar-refractivity contribution is -0.141. The number of aromatic hydroxyl groups is 1. The molecule has 4 rings (SSSR count). The standard InChI is InChI=1S/C28H35BClNO7/c1-16(12-18-8-9-19(32)14-22(18)30)7-10-23-25-17(2)13-20-26(21(25)15-29(37)38-23)28(36)31(27(20)35)11-5-3-4-6-24(33)34/h8-9,12,14,20-21,23,26,32,37H,3-7,10-11,13,15H2,1-2H3,(H,33,34)/b16-12+/t20-,21+,23-,26-/m1/s1. The molecular formula is C28H35BClNO7. The van der Waals surface area contributed by atoms with Crippen molar-refractivity contribution in [3.8, 4) is 5.75 Å². The molecule has 0 aromatic heterocycles. The average Bonchev–Trinajstić information content (AvgIpc) is 3.08. The van der Waals surface area contributed by atoms with Crippen LogP contribution in [-0.4, -0.2) is 57.7 Å². The Morgan fingerprint density at radius 1 is 1.18 bits per heavy atom. The zero-order valence-corrected chi connectivity index (χ0v) is 22.6. The molecule has 204 valence electrons. The largest absolute Gasteiger partial charge is 0.508 e. The number of nitrogens with zero attached hydrogens (tertiary/aromatic N) is 1. The smallest absolute Gasteiger partial charge is 0.455 e. The second-order valence-corrected chi connectivity index (χ2v) is 11.2. The summed E-state index contributed by atoms with van der Waals surface area (Å²) in [5, 5.41) is 29.4. The minimum Gasteiger partial charge on any atom is -0.508 e. The lowest BCUT2D eigenvalue weighted by Gasteiger charge is -2.42. The van der Waals surface area contributed by atoms with Crippen LogP contribution in [0.4, 0.5) is 0 Å². The molecule has 2 aliphatic heterocycles. The van der Waals surface area contributed by atoms with Gasteiger partial charge in [-0.25, -0.2) is 0 Å². The van der Waals surface area contributed by atoms with E-state index in [4.69, 9.17) is 21.4 Å². The molecule has 0 saturated carbocycles. The third-order valence-electron chi connectivity index (χ3n) is 8.00. The molecule has 8 nitrogen and oxygen atoms in total. The Morgan fingerprint density at radius 2 is 1.95 bits per heavy atom. The van der Waals surface area contributed by atoms with Crippen LogP contribution in [0.15, 0.2) is 34.9 Å². The maximum atomic E-state index is 13.4. The van der Waals surface area contributed by atoms with Gasteiger partial charge in [0.15, 0.2) is 0 Å². The van der Waals surface area contributed by atoms with Crippen LogP contribution >= 0.6 is 11.6 Å². The Kier molecular flexibility index (Phi) is 9.01. The summed E-state index contributed by atoms with van der Waals surface area (Å²) in [7, 11) is -1.01. The lowest BCUT2D eigenvalue weighted by atomic mass is 9.59. The Bertz CT molecular complexity index is 1170. The number of allylic oxidation sites excluding steroid dienone is 2. The van der Waals surface area contributed by atoms with Gasteiger partial charge in [-0.05, 0) is 87.5 Å². The fraction of sp³-hybridized carbons (Fsp3) is 0.536. The second-order valence-electron chi connectivity index (χ2n) is 10.8. The average molecular weight is 544 g/mol. The number of phenolic OH excluding ortho intramolecular Hbond substituents is 1. The van der Waals surface area contributed by atoms with Gasteiger partial charge in [-0.1, -0.05) is 35.2 Å². The van der Waals surface area contributed by atoms with E-state index in [0.29, 0.717) is 50.1 Å². The van der Waals surface area contributed by atoms with E-state index >= 15 is 0 Å². The van der Waals surface area contributed by atoms with Crippen molar-refractivity contribution in [2.45, 2.75) is 71.2 Å². The molecule has 3 N–H and O–H groups in total. The van der Waals surface area contributed by atoms with Gasteiger partial charge in [-0.3, -0.25) is 19.3 Å². The van der Waals surface area contributed by atoms with Gasteiger partial charge in [0, 0.05) is 13.0 Å². The van der Waals surface area contributed by atoms with Gasteiger partial charge >= 0.3 is 13.1 Å². The van der Waals surface area contributed by atoms with Gasteiger partial charge in [0.05, 0.1) is 23.0 Å². The lowest BCUT2D eigenvalue weighted by Crippen LogP contribution is -2.46. The van der Waals surface area contributed by atoms with Gasteiger partial charge in [0.25, 0.3) is 0 Å². The fourth-order valence-electron chi connectivity index (χ4n) is 6.26. The van der Waals surface area contributed by atoms with Crippen LogP contribution in [-0.2, 0) is 19.0 Å². The Morgan fingerprint density at radius 3 is 2.66 bits per heavy atom. The van der Waals surface area contributed by atoms with Gasteiger partial charge in [-0.15, -0.1) is 0 Å². The Labute approximate surface area is 228 Å². The van der Waals surface area contributed by atoms with Crippen molar-refractivity contribution in [2.75, 3.05) is 6.54 Å². The van der Waals surface area contributed by atoms with Crippen LogP contribution in [0.5, 0.6) is 5.75 Å². The maximum Gasteiger partial charge on any atom is 0.455 e. The Hall–Kier alpha value is -2.62. The summed E-state index contributed by atoms with van der Waals surface area (Å²) in [6.45, 7) is 4.29. The molecular weight excluding hydrogens is 509 g/mol. The minimum absolute atomic E-state index is 0.0810. The summed E-state index contributed by atoms with van der Waals surface area (Å²) in [4.78, 5) is 38.7.